The lowest BCUT2D eigenvalue weighted by Gasteiger charge is -2.36. The van der Waals surface area contributed by atoms with E-state index in [1.807, 2.05) is 0 Å². The van der Waals surface area contributed by atoms with Crippen LogP contribution >= 0.6 is 0 Å². The summed E-state index contributed by atoms with van der Waals surface area (Å²) in [4.78, 5) is 0. The molecule has 1 heterocycles. The van der Waals surface area contributed by atoms with Crippen LogP contribution in [0.25, 0.3) is 0 Å². The van der Waals surface area contributed by atoms with Crippen LogP contribution in [0.15, 0.2) is 0 Å². The van der Waals surface area contributed by atoms with Gasteiger partial charge in [0.2, 0.25) is 6.29 Å². The molecule has 1 aliphatic heterocycles. The van der Waals surface area contributed by atoms with E-state index in [1.165, 1.54) is 0 Å². The van der Waals surface area contributed by atoms with Gasteiger partial charge in [0.25, 0.3) is 0 Å². The van der Waals surface area contributed by atoms with Gasteiger partial charge in [-0.25, -0.2) is 0 Å². The summed E-state index contributed by atoms with van der Waals surface area (Å²) in [6.07, 6.45) is -4.53. The topological polar surface area (TPSA) is 118 Å². The first-order valence-corrected chi connectivity index (χ1v) is 3.71. The van der Waals surface area contributed by atoms with Crippen LogP contribution in [0.4, 0.5) is 0 Å². The van der Waals surface area contributed by atoms with Crippen molar-refractivity contribution in [2.24, 2.45) is 0 Å². The highest BCUT2D eigenvalue weighted by Crippen LogP contribution is 2.16. The molecule has 0 aromatic carbocycles. The summed E-state index contributed by atoms with van der Waals surface area (Å²) in [6, 6.07) is -0.789. The second kappa shape index (κ2) is 3.65. The Balaban J connectivity index is 2.63. The summed E-state index contributed by atoms with van der Waals surface area (Å²) in [5.74, 6) is 0. The van der Waals surface area contributed by atoms with Crippen molar-refractivity contribution in [2.45, 2.75) is 30.6 Å². The van der Waals surface area contributed by atoms with Gasteiger partial charge in [-0.2, -0.15) is 0 Å². The highest BCUT2D eigenvalue weighted by Gasteiger charge is 2.43. The van der Waals surface area contributed by atoms with Gasteiger partial charge in [0.15, 0.2) is 6.04 Å². The van der Waals surface area contributed by atoms with Gasteiger partial charge in [-0.05, 0) is 0 Å². The fourth-order valence-corrected chi connectivity index (χ4v) is 1.15. The van der Waals surface area contributed by atoms with Crippen LogP contribution in [0.3, 0.4) is 0 Å². The lowest BCUT2D eigenvalue weighted by molar-refractivity contribution is -0.497. The zero-order chi connectivity index (χ0) is 9.30. The van der Waals surface area contributed by atoms with Crippen molar-refractivity contribution in [3.63, 3.8) is 0 Å². The minimum atomic E-state index is -1.24. The summed E-state index contributed by atoms with van der Waals surface area (Å²) in [5, 5.41) is 36.3. The van der Waals surface area contributed by atoms with Crippen LogP contribution in [0.1, 0.15) is 0 Å². The average Bonchev–Trinajstić information content (AvgIpc) is 2.08. The lowest BCUT2D eigenvalue weighted by atomic mass is 9.98. The summed E-state index contributed by atoms with van der Waals surface area (Å²) in [7, 11) is 0. The minimum Gasteiger partial charge on any atom is -0.394 e. The molecule has 1 aliphatic rings. The van der Waals surface area contributed by atoms with Crippen molar-refractivity contribution in [1.29, 1.82) is 0 Å². The molecule has 0 aliphatic carbocycles. The molecule has 0 bridgehead atoms. The molecule has 1 saturated heterocycles. The number of hydrogen-bond donors (Lipinski definition) is 5. The Hall–Kier alpha value is -0.240. The van der Waals surface area contributed by atoms with Crippen molar-refractivity contribution in [1.82, 2.24) is 0 Å². The maximum absolute atomic E-state index is 9.25. The van der Waals surface area contributed by atoms with Crippen molar-refractivity contribution >= 4 is 0 Å². The quantitative estimate of drug-likeness (QED) is 0.282. The molecule has 12 heavy (non-hydrogen) atoms. The standard InChI is InChI=1S/C6H13NO5/c7-3-5(10)4(9)2(1-8)12-6(3)11/h2-6,8-11H,1,7H2/p+1/t2?,3?,4?,5-,6?/m0/s1. The Labute approximate surface area is 69.2 Å². The van der Waals surface area contributed by atoms with Gasteiger partial charge in [-0.3, -0.25) is 0 Å². The van der Waals surface area contributed by atoms with E-state index in [2.05, 4.69) is 5.73 Å². The van der Waals surface area contributed by atoms with Crippen molar-refractivity contribution < 1.29 is 30.9 Å². The molecule has 1 fully saturated rings. The fraction of sp³-hybridized carbons (Fsp3) is 1.00. The Bertz CT molecular complexity index is 150. The van der Waals surface area contributed by atoms with Gasteiger partial charge in [0, 0.05) is 0 Å². The molecule has 0 spiro atoms. The first-order valence-electron chi connectivity index (χ1n) is 3.71. The SMILES string of the molecule is [NH3+]C1C(O)OC(CO)C(O)[C@H]1O. The van der Waals surface area contributed by atoms with Crippen LogP contribution in [0.5, 0.6) is 0 Å². The van der Waals surface area contributed by atoms with Crippen molar-refractivity contribution in [3.05, 3.63) is 0 Å². The third-order valence-electron chi connectivity index (χ3n) is 2.03. The smallest absolute Gasteiger partial charge is 0.211 e. The van der Waals surface area contributed by atoms with Gasteiger partial charge in [0.05, 0.1) is 6.61 Å². The predicted octanol–water partition coefficient (Wildman–Crippen LogP) is -3.97. The molecule has 0 saturated carbocycles. The Morgan fingerprint density at radius 3 is 2.25 bits per heavy atom. The molecule has 6 heteroatoms. The van der Waals surface area contributed by atoms with E-state index in [0.717, 1.165) is 0 Å². The molecule has 0 aromatic rings. The zero-order valence-electron chi connectivity index (χ0n) is 6.50. The second-order valence-electron chi connectivity index (χ2n) is 2.89. The van der Waals surface area contributed by atoms with E-state index in [-0.39, 0.29) is 0 Å². The number of hydrogen-bond acceptors (Lipinski definition) is 5. The molecule has 0 radical (unpaired) electrons. The third-order valence-corrected chi connectivity index (χ3v) is 2.03. The molecule has 4 unspecified atom stereocenters. The number of rotatable bonds is 1. The lowest BCUT2D eigenvalue weighted by Crippen LogP contribution is -2.77. The molecule has 7 N–H and O–H groups in total. The van der Waals surface area contributed by atoms with E-state index in [4.69, 9.17) is 14.9 Å². The van der Waals surface area contributed by atoms with Crippen LogP contribution in [0.2, 0.25) is 0 Å². The second-order valence-corrected chi connectivity index (χ2v) is 2.89. The molecule has 0 aromatic heterocycles. The maximum Gasteiger partial charge on any atom is 0.211 e. The van der Waals surface area contributed by atoms with Gasteiger partial charge >= 0.3 is 0 Å². The average molecular weight is 180 g/mol. The van der Waals surface area contributed by atoms with Gasteiger partial charge in [-0.15, -0.1) is 0 Å². The number of ether oxygens (including phenoxy) is 1. The van der Waals surface area contributed by atoms with E-state index in [0.29, 0.717) is 0 Å². The van der Waals surface area contributed by atoms with Crippen LogP contribution < -0.4 is 5.73 Å². The molecular weight excluding hydrogens is 166 g/mol. The molecule has 72 valence electrons. The van der Waals surface area contributed by atoms with Crippen LogP contribution in [0, 0.1) is 0 Å². The summed E-state index contributed by atoms with van der Waals surface area (Å²) in [5.41, 5.74) is 3.41. The largest absolute Gasteiger partial charge is 0.394 e. The van der Waals surface area contributed by atoms with E-state index in [1.54, 1.807) is 0 Å². The summed E-state index contributed by atoms with van der Waals surface area (Å²) in [6.45, 7) is -0.442. The predicted molar refractivity (Wildman–Crippen MR) is 36.7 cm³/mol. The molecule has 5 atom stereocenters. The van der Waals surface area contributed by atoms with Crippen molar-refractivity contribution in [3.8, 4) is 0 Å². The van der Waals surface area contributed by atoms with E-state index < -0.39 is 37.3 Å². The fourth-order valence-electron chi connectivity index (χ4n) is 1.15. The van der Waals surface area contributed by atoms with E-state index in [9.17, 15) is 10.2 Å². The molecule has 0 amide bonds. The first-order chi connectivity index (χ1) is 5.57. The van der Waals surface area contributed by atoms with Crippen LogP contribution in [-0.2, 0) is 4.74 Å². The highest BCUT2D eigenvalue weighted by molar-refractivity contribution is 4.87. The number of aliphatic hydroxyl groups is 4. The number of aliphatic hydroxyl groups excluding tert-OH is 4. The maximum atomic E-state index is 9.25. The van der Waals surface area contributed by atoms with Gasteiger partial charge < -0.3 is 30.9 Å². The monoisotopic (exact) mass is 180 g/mol. The van der Waals surface area contributed by atoms with Crippen molar-refractivity contribution in [2.75, 3.05) is 6.61 Å². The molecular formula is C6H14NO5+. The third kappa shape index (κ3) is 1.58. The molecule has 6 nitrogen and oxygen atoms in total. The highest BCUT2D eigenvalue weighted by atomic mass is 16.6. The normalized spacial score (nSPS) is 49.2. The Kier molecular flexibility index (Phi) is 2.99. The van der Waals surface area contributed by atoms with Gasteiger partial charge in [-0.1, -0.05) is 0 Å². The van der Waals surface area contributed by atoms with E-state index >= 15 is 0 Å². The Morgan fingerprint density at radius 2 is 1.75 bits per heavy atom. The molecule has 1 rings (SSSR count). The first kappa shape index (κ1) is 9.85. The number of quaternary nitrogens is 1. The minimum absolute atomic E-state index is 0.442. The van der Waals surface area contributed by atoms with Crippen LogP contribution in [-0.4, -0.2) is 57.7 Å². The zero-order valence-corrected chi connectivity index (χ0v) is 6.50. The summed E-state index contributed by atoms with van der Waals surface area (Å²) >= 11 is 0. The van der Waals surface area contributed by atoms with Gasteiger partial charge in [0.1, 0.15) is 18.3 Å². The Morgan fingerprint density at radius 1 is 1.17 bits per heavy atom. The summed E-state index contributed by atoms with van der Waals surface area (Å²) < 4.78 is 4.76.